The Hall–Kier alpha value is -6.04. The number of pyridine rings is 1. The number of fused-ring (bicyclic) bond motifs is 3. The standard InChI is InChI=1S/C53H59F2N9O6/c1-3-36-40(54)8-5-31-20-35(65)21-38(43(31)36)45-44(55)46-39(24-56-45)47(62-14-4-11-51(2,69)26-62)59-50(58-46)70-30-52(12-13-52)27-60-15-17-61(18-16-60)34-22-53(23-34)28-63(29-53)33-6-7-37-32(19-33)25-64(49(37)68)41-9-10-42(66)57-48(41)67/h5-8,19-21,24,34,41,65,69H,3-4,9-18,22-23,25-30H2,1-2H3,(H,57,66,67)/t41?,51-/m1/s1. The van der Waals surface area contributed by atoms with Crippen LogP contribution in [0.3, 0.4) is 0 Å². The van der Waals surface area contributed by atoms with E-state index in [1.54, 1.807) is 17.9 Å². The van der Waals surface area contributed by atoms with Crippen LogP contribution < -0.4 is 19.9 Å². The lowest BCUT2D eigenvalue weighted by Gasteiger charge is -2.62. The summed E-state index contributed by atoms with van der Waals surface area (Å²) in [5.74, 6) is -1.61. The number of nitrogens with one attached hydrogen (secondary N) is 1. The first-order chi connectivity index (χ1) is 33.7. The number of piperazine rings is 1. The monoisotopic (exact) mass is 955 g/mol. The number of aromatic nitrogens is 3. The number of anilines is 2. The van der Waals surface area contributed by atoms with Crippen LogP contribution in [-0.2, 0) is 22.6 Å². The highest BCUT2D eigenvalue weighted by atomic mass is 19.1. The van der Waals surface area contributed by atoms with Gasteiger partial charge in [-0.3, -0.25) is 29.6 Å². The van der Waals surface area contributed by atoms with E-state index in [0.717, 1.165) is 76.3 Å². The predicted molar refractivity (Wildman–Crippen MR) is 259 cm³/mol. The average molecular weight is 956 g/mol. The molecular formula is C53H59F2N9O6. The van der Waals surface area contributed by atoms with Crippen molar-refractivity contribution in [3.05, 3.63) is 77.0 Å². The molecule has 1 spiro atoms. The Bertz CT molecular complexity index is 2980. The van der Waals surface area contributed by atoms with Gasteiger partial charge in [-0.05, 0) is 117 Å². The van der Waals surface area contributed by atoms with Crippen molar-refractivity contribution in [2.75, 3.05) is 75.3 Å². The van der Waals surface area contributed by atoms with Gasteiger partial charge in [-0.1, -0.05) is 13.0 Å². The van der Waals surface area contributed by atoms with Gasteiger partial charge in [-0.25, -0.2) is 8.78 Å². The van der Waals surface area contributed by atoms with Gasteiger partial charge in [0, 0.05) is 112 Å². The molecule has 0 bridgehead atoms. The number of aromatic hydroxyl groups is 1. The molecule has 2 atom stereocenters. The number of imide groups is 1. The Morgan fingerprint density at radius 1 is 0.914 bits per heavy atom. The van der Waals surface area contributed by atoms with Crippen molar-refractivity contribution < 1.29 is 38.1 Å². The van der Waals surface area contributed by atoms with Crippen molar-refractivity contribution in [2.24, 2.45) is 10.8 Å². The lowest BCUT2D eigenvalue weighted by molar-refractivity contribution is -0.136. The third-order valence-corrected chi connectivity index (χ3v) is 16.6. The molecule has 0 radical (unpaired) electrons. The number of halogens is 2. The van der Waals surface area contributed by atoms with Gasteiger partial charge < -0.3 is 34.5 Å². The Morgan fingerprint density at radius 2 is 1.71 bits per heavy atom. The molecule has 5 aliphatic heterocycles. The number of rotatable bonds is 11. The Balaban J connectivity index is 0.685. The summed E-state index contributed by atoms with van der Waals surface area (Å²) in [6.07, 6.45) is 8.20. The smallest absolute Gasteiger partial charge is 0.319 e. The highest BCUT2D eigenvalue weighted by Crippen LogP contribution is 2.52. The highest BCUT2D eigenvalue weighted by Gasteiger charge is 2.54. The maximum absolute atomic E-state index is 17.1. The number of hydrogen-bond acceptors (Lipinski definition) is 13. The quantitative estimate of drug-likeness (QED) is 0.133. The fourth-order valence-corrected chi connectivity index (χ4v) is 12.6. The predicted octanol–water partition coefficient (Wildman–Crippen LogP) is 5.95. The van der Waals surface area contributed by atoms with E-state index in [2.05, 4.69) is 31.1 Å². The lowest BCUT2D eigenvalue weighted by atomic mass is 9.60. The number of hydrogen-bond donors (Lipinski definition) is 3. The molecule has 7 heterocycles. The summed E-state index contributed by atoms with van der Waals surface area (Å²) in [6, 6.07) is 11.9. The number of ether oxygens (including phenoxy) is 1. The molecule has 17 heteroatoms. The molecule has 366 valence electrons. The van der Waals surface area contributed by atoms with Crippen molar-refractivity contribution >= 4 is 50.9 Å². The molecule has 2 saturated carbocycles. The summed E-state index contributed by atoms with van der Waals surface area (Å²) in [5, 5.41) is 25.6. The average Bonchev–Trinajstić information content (AvgIpc) is 4.00. The molecule has 12 rings (SSSR count). The van der Waals surface area contributed by atoms with E-state index in [1.165, 1.54) is 37.2 Å². The Kier molecular flexibility index (Phi) is 10.8. The van der Waals surface area contributed by atoms with Gasteiger partial charge in [0.2, 0.25) is 11.8 Å². The second-order valence-electron chi connectivity index (χ2n) is 21.8. The van der Waals surface area contributed by atoms with Gasteiger partial charge in [0.05, 0.1) is 17.6 Å². The van der Waals surface area contributed by atoms with Crippen molar-refractivity contribution in [3.8, 4) is 23.0 Å². The third kappa shape index (κ3) is 7.97. The van der Waals surface area contributed by atoms with Gasteiger partial charge in [0.15, 0.2) is 5.82 Å². The molecule has 15 nitrogen and oxygen atoms in total. The van der Waals surface area contributed by atoms with Gasteiger partial charge in [-0.15, -0.1) is 0 Å². The van der Waals surface area contributed by atoms with Crippen LogP contribution >= 0.6 is 0 Å². The maximum Gasteiger partial charge on any atom is 0.319 e. The molecule has 3 aromatic carbocycles. The number of carbonyl (C=O) groups excluding carboxylic acids is 3. The summed E-state index contributed by atoms with van der Waals surface area (Å²) < 4.78 is 38.8. The second kappa shape index (κ2) is 16.8. The number of benzene rings is 3. The summed E-state index contributed by atoms with van der Waals surface area (Å²) in [4.78, 5) is 62.7. The first kappa shape index (κ1) is 45.1. The molecule has 3 amide bonds. The summed E-state index contributed by atoms with van der Waals surface area (Å²) >= 11 is 0. The minimum Gasteiger partial charge on any atom is -0.508 e. The molecule has 1 unspecified atom stereocenters. The molecule has 2 aliphatic carbocycles. The number of β-amino-alcohol motifs (C(OH)–C–C–N with tert-alkyl or cyclic N) is 1. The summed E-state index contributed by atoms with van der Waals surface area (Å²) in [6.45, 7) is 12.1. The Labute approximate surface area is 404 Å². The largest absolute Gasteiger partial charge is 0.508 e. The SMILES string of the molecule is CCc1c(F)ccc2cc(O)cc(-c3ncc4c(N5CCC[C@@](C)(O)C5)nc(OCC5(CN6CCN(C7CC8(C7)CN(c7ccc9c(c7)CN(C7CCC(=O)NC7=O)C9=O)C8)CC6)CC5)nc4c3F)c12. The van der Waals surface area contributed by atoms with E-state index < -0.39 is 29.2 Å². The first-order valence-corrected chi connectivity index (χ1v) is 25.1. The number of piperidine rings is 2. The van der Waals surface area contributed by atoms with E-state index in [4.69, 9.17) is 14.7 Å². The zero-order valence-electron chi connectivity index (χ0n) is 39.8. The molecule has 4 saturated heterocycles. The van der Waals surface area contributed by atoms with Gasteiger partial charge >= 0.3 is 6.01 Å². The normalized spacial score (nSPS) is 24.6. The number of phenolic OH excluding ortho intramolecular Hbond substituents is 1. The van der Waals surface area contributed by atoms with Crippen LogP contribution in [0.4, 0.5) is 20.3 Å². The van der Waals surface area contributed by atoms with Crippen LogP contribution in [-0.4, -0.2) is 141 Å². The molecule has 5 aromatic rings. The minimum absolute atomic E-state index is 0.00974. The van der Waals surface area contributed by atoms with E-state index in [0.29, 0.717) is 90.1 Å². The molecule has 3 N–H and O–H groups in total. The number of phenols is 1. The van der Waals surface area contributed by atoms with Crippen LogP contribution in [0, 0.1) is 22.5 Å². The molecule has 6 fully saturated rings. The lowest BCUT2D eigenvalue weighted by Crippen LogP contribution is -2.68. The third-order valence-electron chi connectivity index (χ3n) is 16.6. The van der Waals surface area contributed by atoms with Gasteiger partial charge in [-0.2, -0.15) is 9.97 Å². The van der Waals surface area contributed by atoms with Crippen LogP contribution in [0.5, 0.6) is 11.8 Å². The van der Waals surface area contributed by atoms with Crippen LogP contribution in [0.1, 0.15) is 86.7 Å². The van der Waals surface area contributed by atoms with Crippen molar-refractivity contribution in [1.82, 2.24) is 35.0 Å². The van der Waals surface area contributed by atoms with E-state index >= 15 is 8.78 Å². The molecule has 7 aliphatic rings. The van der Waals surface area contributed by atoms with E-state index in [9.17, 15) is 24.6 Å². The minimum atomic E-state index is -0.967. The van der Waals surface area contributed by atoms with Gasteiger partial charge in [0.1, 0.15) is 34.6 Å². The molecule has 70 heavy (non-hydrogen) atoms. The topological polar surface area (TPSA) is 168 Å². The van der Waals surface area contributed by atoms with E-state index in [1.807, 2.05) is 24.0 Å². The number of aliphatic hydroxyl groups is 1. The second-order valence-corrected chi connectivity index (χ2v) is 21.8. The maximum atomic E-state index is 17.1. The van der Waals surface area contributed by atoms with Crippen LogP contribution in [0.2, 0.25) is 0 Å². The zero-order chi connectivity index (χ0) is 48.3. The van der Waals surface area contributed by atoms with Crippen LogP contribution in [0.15, 0.2) is 48.7 Å². The fourth-order valence-electron chi connectivity index (χ4n) is 12.6. The fraction of sp³-hybridized carbons (Fsp3) is 0.509. The first-order valence-electron chi connectivity index (χ1n) is 25.1. The van der Waals surface area contributed by atoms with Gasteiger partial charge in [0.25, 0.3) is 5.91 Å². The number of aryl methyl sites for hydroxylation is 1. The number of carbonyl (C=O) groups is 3. The van der Waals surface area contributed by atoms with Crippen LogP contribution in [0.25, 0.3) is 32.9 Å². The summed E-state index contributed by atoms with van der Waals surface area (Å²) in [7, 11) is 0. The molecular weight excluding hydrogens is 897 g/mol. The summed E-state index contributed by atoms with van der Waals surface area (Å²) in [5.41, 5.74) is 2.60. The van der Waals surface area contributed by atoms with Crippen molar-refractivity contribution in [1.29, 1.82) is 0 Å². The van der Waals surface area contributed by atoms with Crippen molar-refractivity contribution in [3.63, 3.8) is 0 Å². The Morgan fingerprint density at radius 3 is 2.46 bits per heavy atom. The molecule has 2 aromatic heterocycles. The number of nitrogens with zero attached hydrogens (tertiary/aromatic N) is 8. The van der Waals surface area contributed by atoms with Crippen molar-refractivity contribution in [2.45, 2.75) is 95.9 Å². The number of amides is 3. The highest BCUT2D eigenvalue weighted by molar-refractivity contribution is 6.06. The van der Waals surface area contributed by atoms with E-state index in [-0.39, 0.29) is 52.2 Å². The zero-order valence-corrected chi connectivity index (χ0v) is 39.8.